The van der Waals surface area contributed by atoms with Gasteiger partial charge in [-0.25, -0.2) is 4.79 Å². The minimum atomic E-state index is -0.641. The summed E-state index contributed by atoms with van der Waals surface area (Å²) in [6, 6.07) is 12.6. The summed E-state index contributed by atoms with van der Waals surface area (Å²) in [4.78, 5) is 51.0. The third kappa shape index (κ3) is 6.42. The van der Waals surface area contributed by atoms with Gasteiger partial charge in [-0.15, -0.1) is 0 Å². The summed E-state index contributed by atoms with van der Waals surface area (Å²) in [6.07, 6.45) is 2.06. The lowest BCUT2D eigenvalue weighted by molar-refractivity contribution is -0.127. The van der Waals surface area contributed by atoms with Crippen LogP contribution < -0.4 is 5.32 Å². The number of carbonyl (C=O) groups is 4. The van der Waals surface area contributed by atoms with Crippen LogP contribution >= 0.6 is 46.6 Å². The topological polar surface area (TPSA) is 106 Å². The number of imide groups is 1. The number of halogens is 3. The van der Waals surface area contributed by atoms with E-state index in [4.69, 9.17) is 44.0 Å². The molecule has 3 amide bonds. The summed E-state index contributed by atoms with van der Waals surface area (Å²) >= 11 is 18.9. The molecule has 0 bridgehead atoms. The predicted octanol–water partition coefficient (Wildman–Crippen LogP) is 7.15. The van der Waals surface area contributed by atoms with Gasteiger partial charge in [0.2, 0.25) is 5.91 Å². The molecular formula is C26H19Cl3N2O6S. The van der Waals surface area contributed by atoms with E-state index in [1.165, 1.54) is 24.3 Å². The summed E-state index contributed by atoms with van der Waals surface area (Å²) in [5, 5.41) is 3.00. The first kappa shape index (κ1) is 27.8. The minimum absolute atomic E-state index is 0.0877. The van der Waals surface area contributed by atoms with E-state index in [9.17, 15) is 19.2 Å². The molecule has 0 aliphatic carbocycles. The smallest absolute Gasteiger partial charge is 0.339 e. The number of esters is 1. The average Bonchev–Trinajstić information content (AvgIpc) is 3.43. The van der Waals surface area contributed by atoms with Crippen LogP contribution in [0.3, 0.4) is 0 Å². The number of furan rings is 1. The molecule has 1 aliphatic heterocycles. The number of carbonyl (C=O) groups excluding carboxylic acids is 4. The highest BCUT2D eigenvalue weighted by molar-refractivity contribution is 8.18. The van der Waals surface area contributed by atoms with E-state index in [0.29, 0.717) is 45.3 Å². The van der Waals surface area contributed by atoms with Gasteiger partial charge in [-0.2, -0.15) is 0 Å². The van der Waals surface area contributed by atoms with Crippen molar-refractivity contribution in [2.75, 3.05) is 18.5 Å². The summed E-state index contributed by atoms with van der Waals surface area (Å²) in [5.74, 6) is -1.12. The van der Waals surface area contributed by atoms with Gasteiger partial charge in [-0.1, -0.05) is 41.7 Å². The van der Waals surface area contributed by atoms with Gasteiger partial charge in [0.05, 0.1) is 27.1 Å². The molecule has 8 nitrogen and oxygen atoms in total. The molecule has 0 unspecified atom stereocenters. The summed E-state index contributed by atoms with van der Waals surface area (Å²) < 4.78 is 10.9. The number of rotatable bonds is 8. The Labute approximate surface area is 236 Å². The van der Waals surface area contributed by atoms with Crippen LogP contribution in [0.1, 0.15) is 29.5 Å². The zero-order valence-corrected chi connectivity index (χ0v) is 22.8. The second-order valence-corrected chi connectivity index (χ2v) is 10.2. The Bertz CT molecular complexity index is 1470. The van der Waals surface area contributed by atoms with E-state index in [0.717, 1.165) is 4.90 Å². The molecule has 1 N–H and O–H groups in total. The summed E-state index contributed by atoms with van der Waals surface area (Å²) in [5.41, 5.74) is 0.962. The van der Waals surface area contributed by atoms with Crippen LogP contribution in [0.15, 0.2) is 57.9 Å². The molecule has 1 saturated heterocycles. The maximum atomic E-state index is 12.8. The van der Waals surface area contributed by atoms with Crippen LogP contribution in [-0.4, -0.2) is 41.1 Å². The molecule has 0 radical (unpaired) electrons. The first-order valence-corrected chi connectivity index (χ1v) is 13.2. The Kier molecular flexibility index (Phi) is 8.83. The highest BCUT2D eigenvalue weighted by atomic mass is 35.5. The molecule has 0 saturated carbocycles. The Balaban J connectivity index is 1.43. The van der Waals surface area contributed by atoms with Crippen molar-refractivity contribution in [3.05, 3.63) is 79.8 Å². The minimum Gasteiger partial charge on any atom is -0.462 e. The zero-order valence-electron chi connectivity index (χ0n) is 19.8. The van der Waals surface area contributed by atoms with E-state index < -0.39 is 29.6 Å². The van der Waals surface area contributed by atoms with Gasteiger partial charge in [-0.3, -0.25) is 19.3 Å². The Morgan fingerprint density at radius 1 is 1.05 bits per heavy atom. The highest BCUT2D eigenvalue weighted by Crippen LogP contribution is 2.35. The van der Waals surface area contributed by atoms with E-state index in [2.05, 4.69) is 5.32 Å². The second kappa shape index (κ2) is 12.1. The SMILES string of the molecule is CCCOC(=O)c1cc(NC(=O)CN2C(=O)S/C(=C/c3ccc(-c4ccc(Cl)cc4Cl)o3)C2=O)ccc1Cl. The molecule has 196 valence electrons. The van der Waals surface area contributed by atoms with Crippen molar-refractivity contribution in [1.29, 1.82) is 0 Å². The van der Waals surface area contributed by atoms with Crippen molar-refractivity contribution < 1.29 is 28.3 Å². The normalized spacial score (nSPS) is 14.3. The van der Waals surface area contributed by atoms with E-state index in [1.54, 1.807) is 30.3 Å². The molecule has 2 heterocycles. The van der Waals surface area contributed by atoms with Gasteiger partial charge < -0.3 is 14.5 Å². The molecule has 1 fully saturated rings. The van der Waals surface area contributed by atoms with Crippen LogP contribution in [0.5, 0.6) is 0 Å². The van der Waals surface area contributed by atoms with Crippen LogP contribution in [-0.2, 0) is 14.3 Å². The zero-order chi connectivity index (χ0) is 27.4. The lowest BCUT2D eigenvalue weighted by atomic mass is 10.2. The summed E-state index contributed by atoms with van der Waals surface area (Å²) in [7, 11) is 0. The van der Waals surface area contributed by atoms with Crippen LogP contribution in [0.25, 0.3) is 17.4 Å². The Morgan fingerprint density at radius 3 is 2.58 bits per heavy atom. The average molecular weight is 594 g/mol. The number of benzene rings is 2. The van der Waals surface area contributed by atoms with Gasteiger partial charge in [0.15, 0.2) is 0 Å². The fourth-order valence-electron chi connectivity index (χ4n) is 3.41. The van der Waals surface area contributed by atoms with Gasteiger partial charge in [0, 0.05) is 22.3 Å². The molecule has 0 spiro atoms. The van der Waals surface area contributed by atoms with Crippen molar-refractivity contribution >= 4 is 81.4 Å². The van der Waals surface area contributed by atoms with Crippen LogP contribution in [0.4, 0.5) is 10.5 Å². The number of hydrogen-bond acceptors (Lipinski definition) is 7. The van der Waals surface area contributed by atoms with Crippen LogP contribution in [0.2, 0.25) is 15.1 Å². The van der Waals surface area contributed by atoms with Crippen molar-refractivity contribution in [1.82, 2.24) is 4.90 Å². The number of amides is 3. The molecule has 12 heteroatoms. The van der Waals surface area contributed by atoms with Crippen molar-refractivity contribution in [3.63, 3.8) is 0 Å². The van der Waals surface area contributed by atoms with Gasteiger partial charge >= 0.3 is 5.97 Å². The Hall–Kier alpha value is -3.24. The lowest BCUT2D eigenvalue weighted by Gasteiger charge is -2.13. The fraction of sp³-hybridized carbons (Fsp3) is 0.154. The highest BCUT2D eigenvalue weighted by Gasteiger charge is 2.36. The predicted molar refractivity (Wildman–Crippen MR) is 147 cm³/mol. The first-order chi connectivity index (χ1) is 18.2. The molecular weight excluding hydrogens is 575 g/mol. The van der Waals surface area contributed by atoms with E-state index in [1.807, 2.05) is 6.92 Å². The van der Waals surface area contributed by atoms with Crippen LogP contribution in [0, 0.1) is 0 Å². The van der Waals surface area contributed by atoms with Gasteiger partial charge in [0.1, 0.15) is 18.1 Å². The third-order valence-corrected chi connectivity index (χ3v) is 6.96. The lowest BCUT2D eigenvalue weighted by Crippen LogP contribution is -2.36. The first-order valence-electron chi connectivity index (χ1n) is 11.2. The molecule has 3 aromatic rings. The standard InChI is InChI=1S/C26H19Cl3N2O6S/c1-2-9-36-25(34)18-11-15(4-7-19(18)28)30-23(32)13-31-24(33)22(38-26(31)35)12-16-5-8-21(37-16)17-6-3-14(27)10-20(17)29/h3-8,10-12H,2,9,13H2,1H3,(H,30,32)/b22-12+. The number of ether oxygens (including phenoxy) is 1. The van der Waals surface area contributed by atoms with Gasteiger partial charge in [-0.05, 0) is 66.7 Å². The maximum absolute atomic E-state index is 12.8. The van der Waals surface area contributed by atoms with Gasteiger partial charge in [0.25, 0.3) is 11.1 Å². The number of nitrogens with zero attached hydrogens (tertiary/aromatic N) is 1. The van der Waals surface area contributed by atoms with Crippen molar-refractivity contribution in [2.24, 2.45) is 0 Å². The molecule has 38 heavy (non-hydrogen) atoms. The molecule has 1 aromatic heterocycles. The molecule has 1 aliphatic rings. The number of hydrogen-bond donors (Lipinski definition) is 1. The molecule has 0 atom stereocenters. The quantitative estimate of drug-likeness (QED) is 0.218. The Morgan fingerprint density at radius 2 is 1.84 bits per heavy atom. The van der Waals surface area contributed by atoms with E-state index >= 15 is 0 Å². The number of thioether (sulfide) groups is 1. The fourth-order valence-corrected chi connectivity index (χ4v) is 4.92. The maximum Gasteiger partial charge on any atom is 0.339 e. The van der Waals surface area contributed by atoms with E-state index in [-0.39, 0.29) is 27.8 Å². The molecule has 4 rings (SSSR count). The summed E-state index contributed by atoms with van der Waals surface area (Å²) in [6.45, 7) is 1.56. The molecule has 2 aromatic carbocycles. The number of nitrogens with one attached hydrogen (secondary N) is 1. The van der Waals surface area contributed by atoms with Crippen molar-refractivity contribution in [3.8, 4) is 11.3 Å². The van der Waals surface area contributed by atoms with Crippen molar-refractivity contribution in [2.45, 2.75) is 13.3 Å². The number of anilines is 1. The largest absolute Gasteiger partial charge is 0.462 e. The monoisotopic (exact) mass is 592 g/mol. The third-order valence-electron chi connectivity index (χ3n) is 5.18. The second-order valence-electron chi connectivity index (χ2n) is 7.97.